The summed E-state index contributed by atoms with van der Waals surface area (Å²) in [6.07, 6.45) is 1.71. The average Bonchev–Trinajstić information content (AvgIpc) is 2.54. The van der Waals surface area contributed by atoms with Crippen LogP contribution in [-0.2, 0) is 0 Å². The van der Waals surface area contributed by atoms with Crippen molar-refractivity contribution < 1.29 is 9.53 Å². The van der Waals surface area contributed by atoms with Gasteiger partial charge in [0.05, 0.1) is 18.3 Å². The number of methoxy groups -OCH3 is 1. The summed E-state index contributed by atoms with van der Waals surface area (Å²) in [5.41, 5.74) is 2.03. The van der Waals surface area contributed by atoms with Crippen LogP contribution in [0.15, 0.2) is 60.8 Å². The Bertz CT molecular complexity index is 794. The van der Waals surface area contributed by atoms with Gasteiger partial charge in [-0.2, -0.15) is 0 Å². The van der Waals surface area contributed by atoms with Gasteiger partial charge in [0.2, 0.25) is 0 Å². The quantitative estimate of drug-likeness (QED) is 0.797. The van der Waals surface area contributed by atoms with Crippen LogP contribution >= 0.6 is 0 Å². The first-order valence-electron chi connectivity index (χ1n) is 6.58. The highest BCUT2D eigenvalue weighted by atomic mass is 16.5. The standard InChI is InChI=1S/C17H14N2O2/c1-21-16-10-3-2-8-15(16)19-17(20)13-6-4-9-14-12(13)7-5-11-18-14/h2-11H,1H3,(H,19,20). The van der Waals surface area contributed by atoms with E-state index < -0.39 is 0 Å². The molecule has 0 saturated heterocycles. The van der Waals surface area contributed by atoms with Gasteiger partial charge in [0, 0.05) is 17.1 Å². The highest BCUT2D eigenvalue weighted by Crippen LogP contribution is 2.25. The molecule has 0 fully saturated rings. The second kappa shape index (κ2) is 5.63. The predicted molar refractivity (Wildman–Crippen MR) is 82.7 cm³/mol. The third-order valence-electron chi connectivity index (χ3n) is 3.25. The molecule has 4 heteroatoms. The number of ether oxygens (including phenoxy) is 1. The smallest absolute Gasteiger partial charge is 0.256 e. The highest BCUT2D eigenvalue weighted by Gasteiger charge is 2.12. The number of rotatable bonds is 3. The van der Waals surface area contributed by atoms with Gasteiger partial charge < -0.3 is 10.1 Å². The molecule has 2 aromatic carbocycles. The molecule has 0 spiro atoms. The monoisotopic (exact) mass is 278 g/mol. The molecular weight excluding hydrogens is 264 g/mol. The van der Waals surface area contributed by atoms with Gasteiger partial charge in [0.25, 0.3) is 5.91 Å². The molecule has 4 nitrogen and oxygen atoms in total. The Morgan fingerprint density at radius 1 is 1.05 bits per heavy atom. The zero-order chi connectivity index (χ0) is 14.7. The first kappa shape index (κ1) is 13.1. The van der Waals surface area contributed by atoms with E-state index in [1.54, 1.807) is 31.5 Å². The number of benzene rings is 2. The minimum atomic E-state index is -0.182. The summed E-state index contributed by atoms with van der Waals surface area (Å²) >= 11 is 0. The molecule has 0 radical (unpaired) electrons. The number of carbonyl (C=O) groups is 1. The predicted octanol–water partition coefficient (Wildman–Crippen LogP) is 3.50. The Morgan fingerprint density at radius 3 is 2.76 bits per heavy atom. The summed E-state index contributed by atoms with van der Waals surface area (Å²) in [6, 6.07) is 16.5. The van der Waals surface area contributed by atoms with Crippen LogP contribution < -0.4 is 10.1 Å². The van der Waals surface area contributed by atoms with E-state index in [1.807, 2.05) is 36.4 Å². The maximum Gasteiger partial charge on any atom is 0.256 e. The lowest BCUT2D eigenvalue weighted by Gasteiger charge is -2.11. The minimum Gasteiger partial charge on any atom is -0.495 e. The molecule has 0 saturated carbocycles. The second-order valence-corrected chi connectivity index (χ2v) is 4.53. The third kappa shape index (κ3) is 2.56. The summed E-state index contributed by atoms with van der Waals surface area (Å²) in [5, 5.41) is 3.70. The van der Waals surface area contributed by atoms with Crippen LogP contribution in [0.4, 0.5) is 5.69 Å². The van der Waals surface area contributed by atoms with Gasteiger partial charge in [-0.25, -0.2) is 0 Å². The van der Waals surface area contributed by atoms with E-state index in [1.165, 1.54) is 0 Å². The number of pyridine rings is 1. The molecule has 0 aliphatic rings. The number of para-hydroxylation sites is 2. The van der Waals surface area contributed by atoms with Crippen molar-refractivity contribution in [2.45, 2.75) is 0 Å². The largest absolute Gasteiger partial charge is 0.495 e. The number of hydrogen-bond acceptors (Lipinski definition) is 3. The molecule has 1 amide bonds. The van der Waals surface area contributed by atoms with Crippen LogP contribution in [0.2, 0.25) is 0 Å². The van der Waals surface area contributed by atoms with Crippen molar-refractivity contribution >= 4 is 22.5 Å². The van der Waals surface area contributed by atoms with Gasteiger partial charge >= 0.3 is 0 Å². The second-order valence-electron chi connectivity index (χ2n) is 4.53. The molecule has 0 bridgehead atoms. The summed E-state index contributed by atoms with van der Waals surface area (Å²) in [4.78, 5) is 16.8. The molecule has 1 N–H and O–H groups in total. The Hall–Kier alpha value is -2.88. The molecule has 1 aromatic heterocycles. The fourth-order valence-corrected chi connectivity index (χ4v) is 2.24. The molecule has 3 aromatic rings. The third-order valence-corrected chi connectivity index (χ3v) is 3.25. The van der Waals surface area contributed by atoms with Crippen molar-refractivity contribution in [2.75, 3.05) is 12.4 Å². The van der Waals surface area contributed by atoms with Crippen molar-refractivity contribution in [1.29, 1.82) is 0 Å². The number of aromatic nitrogens is 1. The van der Waals surface area contributed by atoms with E-state index in [0.717, 1.165) is 10.9 Å². The van der Waals surface area contributed by atoms with Crippen molar-refractivity contribution in [3.8, 4) is 5.75 Å². The Kier molecular flexibility index (Phi) is 3.51. The summed E-state index contributed by atoms with van der Waals surface area (Å²) < 4.78 is 5.24. The fraction of sp³-hybridized carbons (Fsp3) is 0.0588. The first-order valence-corrected chi connectivity index (χ1v) is 6.58. The van der Waals surface area contributed by atoms with Gasteiger partial charge in [-0.1, -0.05) is 24.3 Å². The summed E-state index contributed by atoms with van der Waals surface area (Å²) in [7, 11) is 1.58. The molecule has 0 unspecified atom stereocenters. The topological polar surface area (TPSA) is 51.2 Å². The molecule has 0 aliphatic heterocycles. The van der Waals surface area contributed by atoms with E-state index >= 15 is 0 Å². The maximum atomic E-state index is 12.5. The zero-order valence-electron chi connectivity index (χ0n) is 11.5. The van der Waals surface area contributed by atoms with Gasteiger partial charge in [-0.15, -0.1) is 0 Å². The Labute approximate surface area is 122 Å². The van der Waals surface area contributed by atoms with Crippen LogP contribution in [0, 0.1) is 0 Å². The SMILES string of the molecule is COc1ccccc1NC(=O)c1cccc2ncccc12. The van der Waals surface area contributed by atoms with Gasteiger partial charge in [0.1, 0.15) is 5.75 Å². The number of nitrogens with one attached hydrogen (secondary N) is 1. The number of anilines is 1. The van der Waals surface area contributed by atoms with Crippen LogP contribution in [0.5, 0.6) is 5.75 Å². The van der Waals surface area contributed by atoms with Gasteiger partial charge in [-0.3, -0.25) is 9.78 Å². The number of hydrogen-bond donors (Lipinski definition) is 1. The zero-order valence-corrected chi connectivity index (χ0v) is 11.5. The first-order chi connectivity index (χ1) is 10.3. The number of fused-ring (bicyclic) bond motifs is 1. The maximum absolute atomic E-state index is 12.5. The molecule has 0 aliphatic carbocycles. The molecule has 3 rings (SSSR count). The Balaban J connectivity index is 1.98. The highest BCUT2D eigenvalue weighted by molar-refractivity contribution is 6.12. The normalized spacial score (nSPS) is 10.3. The molecule has 1 heterocycles. The van der Waals surface area contributed by atoms with Crippen molar-refractivity contribution in [1.82, 2.24) is 4.98 Å². The van der Waals surface area contributed by atoms with Gasteiger partial charge in [0.15, 0.2) is 0 Å². The van der Waals surface area contributed by atoms with Crippen LogP contribution in [0.3, 0.4) is 0 Å². The number of carbonyl (C=O) groups excluding carboxylic acids is 1. The van der Waals surface area contributed by atoms with E-state index in [0.29, 0.717) is 17.0 Å². The van der Waals surface area contributed by atoms with E-state index in [9.17, 15) is 4.79 Å². The Morgan fingerprint density at radius 2 is 1.90 bits per heavy atom. The molecule has 21 heavy (non-hydrogen) atoms. The lowest BCUT2D eigenvalue weighted by molar-refractivity contribution is 0.102. The van der Waals surface area contributed by atoms with Crippen molar-refractivity contribution in [3.05, 3.63) is 66.4 Å². The number of nitrogens with zero attached hydrogens (tertiary/aromatic N) is 1. The lowest BCUT2D eigenvalue weighted by atomic mass is 10.1. The minimum absolute atomic E-state index is 0.182. The van der Waals surface area contributed by atoms with Gasteiger partial charge in [-0.05, 0) is 30.3 Å². The van der Waals surface area contributed by atoms with Crippen LogP contribution in [0.25, 0.3) is 10.9 Å². The molecule has 0 atom stereocenters. The molecule has 104 valence electrons. The fourth-order valence-electron chi connectivity index (χ4n) is 2.24. The van der Waals surface area contributed by atoms with Crippen molar-refractivity contribution in [2.24, 2.45) is 0 Å². The summed E-state index contributed by atoms with van der Waals surface area (Å²) in [6.45, 7) is 0. The van der Waals surface area contributed by atoms with E-state index in [2.05, 4.69) is 10.3 Å². The lowest BCUT2D eigenvalue weighted by Crippen LogP contribution is -2.13. The van der Waals surface area contributed by atoms with Crippen LogP contribution in [0.1, 0.15) is 10.4 Å². The average molecular weight is 278 g/mol. The summed E-state index contributed by atoms with van der Waals surface area (Å²) in [5.74, 6) is 0.447. The van der Waals surface area contributed by atoms with E-state index in [-0.39, 0.29) is 5.91 Å². The number of amides is 1. The van der Waals surface area contributed by atoms with E-state index in [4.69, 9.17) is 4.74 Å². The molecular formula is C17H14N2O2. The van der Waals surface area contributed by atoms with Crippen LogP contribution in [-0.4, -0.2) is 18.0 Å². The van der Waals surface area contributed by atoms with Crippen molar-refractivity contribution in [3.63, 3.8) is 0 Å².